The number of rotatable bonds is 6. The molecular weight excluding hydrogens is 268 g/mol. The van der Waals surface area contributed by atoms with Crippen LogP contribution >= 0.6 is 0 Å². The van der Waals surface area contributed by atoms with E-state index in [4.69, 9.17) is 5.11 Å². The number of aliphatic hydroxyl groups excluding tert-OH is 1. The fraction of sp³-hybridized carbons (Fsp3) is 0.500. The fourth-order valence-electron chi connectivity index (χ4n) is 1.75. The quantitative estimate of drug-likeness (QED) is 0.736. The maximum atomic E-state index is 12.0. The average molecular weight is 292 g/mol. The first kappa shape index (κ1) is 17.2. The van der Waals surface area contributed by atoms with Gasteiger partial charge in [-0.3, -0.25) is 9.59 Å². The highest BCUT2D eigenvalue weighted by Gasteiger charge is 2.14. The molecule has 1 aromatic rings. The van der Waals surface area contributed by atoms with Crippen LogP contribution in [0.1, 0.15) is 35.3 Å². The molecule has 3 N–H and O–H groups in total. The molecule has 0 aromatic heterocycles. The summed E-state index contributed by atoms with van der Waals surface area (Å²) in [6.45, 7) is 7.53. The number of hydrogen-bond donors (Lipinski definition) is 3. The Morgan fingerprint density at radius 3 is 2.43 bits per heavy atom. The molecule has 0 aliphatic carbocycles. The lowest BCUT2D eigenvalue weighted by atomic mass is 10.1. The van der Waals surface area contributed by atoms with E-state index in [1.807, 2.05) is 33.8 Å². The van der Waals surface area contributed by atoms with Crippen LogP contribution in [0.15, 0.2) is 18.2 Å². The van der Waals surface area contributed by atoms with Crippen LogP contribution in [0, 0.1) is 19.8 Å². The van der Waals surface area contributed by atoms with Gasteiger partial charge < -0.3 is 15.7 Å². The Balaban J connectivity index is 2.49. The van der Waals surface area contributed by atoms with E-state index in [1.54, 1.807) is 12.1 Å². The molecule has 21 heavy (non-hydrogen) atoms. The lowest BCUT2D eigenvalue weighted by molar-refractivity contribution is -0.121. The molecule has 0 spiro atoms. The Bertz CT molecular complexity index is 514. The van der Waals surface area contributed by atoms with Gasteiger partial charge in [0.2, 0.25) is 5.91 Å². The topological polar surface area (TPSA) is 78.4 Å². The molecule has 5 nitrogen and oxygen atoms in total. The molecule has 0 saturated carbocycles. The number of carbonyl (C=O) groups excluding carboxylic acids is 2. The van der Waals surface area contributed by atoms with Crippen LogP contribution in [-0.2, 0) is 4.79 Å². The molecule has 0 radical (unpaired) electrons. The van der Waals surface area contributed by atoms with E-state index in [0.29, 0.717) is 5.56 Å². The molecule has 1 rings (SSSR count). The Morgan fingerprint density at radius 1 is 1.19 bits per heavy atom. The van der Waals surface area contributed by atoms with Crippen molar-refractivity contribution in [2.45, 2.75) is 33.7 Å². The monoisotopic (exact) mass is 292 g/mol. The molecule has 116 valence electrons. The molecule has 2 unspecified atom stereocenters. The smallest absolute Gasteiger partial charge is 0.251 e. The minimum absolute atomic E-state index is 0.0104. The van der Waals surface area contributed by atoms with E-state index >= 15 is 0 Å². The van der Waals surface area contributed by atoms with Crippen molar-refractivity contribution >= 4 is 11.8 Å². The molecular formula is C16H24N2O3. The van der Waals surface area contributed by atoms with Crippen molar-refractivity contribution in [3.05, 3.63) is 34.9 Å². The van der Waals surface area contributed by atoms with Crippen LogP contribution in [0.2, 0.25) is 0 Å². The summed E-state index contributed by atoms with van der Waals surface area (Å²) in [5.74, 6) is -0.555. The van der Waals surface area contributed by atoms with E-state index in [-0.39, 0.29) is 36.9 Å². The van der Waals surface area contributed by atoms with Crippen LogP contribution in [0.5, 0.6) is 0 Å². The van der Waals surface area contributed by atoms with E-state index in [1.165, 1.54) is 0 Å². The lowest BCUT2D eigenvalue weighted by Crippen LogP contribution is -2.43. The first-order chi connectivity index (χ1) is 9.85. The summed E-state index contributed by atoms with van der Waals surface area (Å²) in [5.41, 5.74) is 2.70. The van der Waals surface area contributed by atoms with Crippen molar-refractivity contribution in [1.82, 2.24) is 10.6 Å². The lowest BCUT2D eigenvalue weighted by Gasteiger charge is -2.19. The van der Waals surface area contributed by atoms with Gasteiger partial charge in [-0.2, -0.15) is 0 Å². The molecule has 0 bridgehead atoms. The number of carbonyl (C=O) groups is 2. The second-order valence-corrected chi connectivity index (χ2v) is 5.50. The summed E-state index contributed by atoms with van der Waals surface area (Å²) < 4.78 is 0. The van der Waals surface area contributed by atoms with E-state index < -0.39 is 0 Å². The third-order valence-electron chi connectivity index (χ3n) is 3.71. The van der Waals surface area contributed by atoms with Crippen molar-refractivity contribution in [3.63, 3.8) is 0 Å². The van der Waals surface area contributed by atoms with Gasteiger partial charge in [-0.25, -0.2) is 0 Å². The zero-order valence-corrected chi connectivity index (χ0v) is 13.1. The fourth-order valence-corrected chi connectivity index (χ4v) is 1.75. The zero-order valence-electron chi connectivity index (χ0n) is 13.1. The normalized spacial score (nSPS) is 13.4. The van der Waals surface area contributed by atoms with E-state index in [2.05, 4.69) is 10.6 Å². The molecule has 0 fully saturated rings. The van der Waals surface area contributed by atoms with Crippen LogP contribution in [0.3, 0.4) is 0 Å². The third kappa shape index (κ3) is 5.19. The third-order valence-corrected chi connectivity index (χ3v) is 3.71. The zero-order chi connectivity index (χ0) is 16.0. The van der Waals surface area contributed by atoms with Crippen LogP contribution in [-0.4, -0.2) is 36.1 Å². The van der Waals surface area contributed by atoms with Gasteiger partial charge in [-0.1, -0.05) is 13.0 Å². The predicted octanol–water partition coefficient (Wildman–Crippen LogP) is 1.17. The van der Waals surface area contributed by atoms with Gasteiger partial charge in [0.15, 0.2) is 0 Å². The van der Waals surface area contributed by atoms with Crippen molar-refractivity contribution in [3.8, 4) is 0 Å². The van der Waals surface area contributed by atoms with Gasteiger partial charge in [-0.05, 0) is 49.9 Å². The Labute approximate surface area is 125 Å². The van der Waals surface area contributed by atoms with Crippen molar-refractivity contribution < 1.29 is 14.7 Å². The molecule has 0 heterocycles. The van der Waals surface area contributed by atoms with Gasteiger partial charge in [0.1, 0.15) is 0 Å². The summed E-state index contributed by atoms with van der Waals surface area (Å²) in [4.78, 5) is 23.7. The SMILES string of the molecule is Cc1ccc(C(=O)NCC(=O)NC(C)C(C)CO)cc1C. The minimum Gasteiger partial charge on any atom is -0.396 e. The minimum atomic E-state index is -0.267. The van der Waals surface area contributed by atoms with E-state index in [0.717, 1.165) is 11.1 Å². The summed E-state index contributed by atoms with van der Waals surface area (Å²) in [6.07, 6.45) is 0. The number of aryl methyl sites for hydroxylation is 2. The van der Waals surface area contributed by atoms with Gasteiger partial charge >= 0.3 is 0 Å². The van der Waals surface area contributed by atoms with Gasteiger partial charge in [0.05, 0.1) is 6.54 Å². The molecule has 0 saturated heterocycles. The molecule has 0 aliphatic heterocycles. The number of nitrogens with one attached hydrogen (secondary N) is 2. The maximum absolute atomic E-state index is 12.0. The summed E-state index contributed by atoms with van der Waals surface area (Å²) in [7, 11) is 0. The highest BCUT2D eigenvalue weighted by atomic mass is 16.3. The van der Waals surface area contributed by atoms with Crippen LogP contribution in [0.25, 0.3) is 0 Å². The first-order valence-electron chi connectivity index (χ1n) is 7.10. The number of aliphatic hydroxyl groups is 1. The Hall–Kier alpha value is -1.88. The summed E-state index contributed by atoms with van der Waals surface area (Å²) in [6, 6.07) is 5.29. The molecule has 5 heteroatoms. The molecule has 0 aliphatic rings. The molecule has 2 amide bonds. The first-order valence-corrected chi connectivity index (χ1v) is 7.10. The Kier molecular flexibility index (Phi) is 6.37. The largest absolute Gasteiger partial charge is 0.396 e. The van der Waals surface area contributed by atoms with Crippen LogP contribution < -0.4 is 10.6 Å². The number of hydrogen-bond acceptors (Lipinski definition) is 3. The van der Waals surface area contributed by atoms with Gasteiger partial charge in [0, 0.05) is 18.2 Å². The standard InChI is InChI=1S/C16H24N2O3/c1-10-5-6-14(7-11(10)2)16(21)17-8-15(20)18-13(4)12(3)9-19/h5-7,12-13,19H,8-9H2,1-4H3,(H,17,21)(H,18,20). The summed E-state index contributed by atoms with van der Waals surface area (Å²) in [5, 5.41) is 14.4. The number of benzene rings is 1. The average Bonchev–Trinajstić information content (AvgIpc) is 2.46. The van der Waals surface area contributed by atoms with Gasteiger partial charge in [-0.15, -0.1) is 0 Å². The van der Waals surface area contributed by atoms with Crippen molar-refractivity contribution in [1.29, 1.82) is 0 Å². The molecule has 2 atom stereocenters. The van der Waals surface area contributed by atoms with Crippen molar-refractivity contribution in [2.75, 3.05) is 13.2 Å². The maximum Gasteiger partial charge on any atom is 0.251 e. The highest BCUT2D eigenvalue weighted by molar-refractivity contribution is 5.96. The second-order valence-electron chi connectivity index (χ2n) is 5.50. The number of amides is 2. The van der Waals surface area contributed by atoms with Crippen LogP contribution in [0.4, 0.5) is 0 Å². The molecule has 1 aromatic carbocycles. The summed E-state index contributed by atoms with van der Waals surface area (Å²) >= 11 is 0. The highest BCUT2D eigenvalue weighted by Crippen LogP contribution is 2.09. The van der Waals surface area contributed by atoms with Gasteiger partial charge in [0.25, 0.3) is 5.91 Å². The predicted molar refractivity (Wildman–Crippen MR) is 82.1 cm³/mol. The second kappa shape index (κ2) is 7.78. The van der Waals surface area contributed by atoms with Crippen molar-refractivity contribution in [2.24, 2.45) is 5.92 Å². The van der Waals surface area contributed by atoms with E-state index in [9.17, 15) is 9.59 Å². The Morgan fingerprint density at radius 2 is 1.86 bits per heavy atom.